The summed E-state index contributed by atoms with van der Waals surface area (Å²) >= 11 is 2.04. The molecule has 1 heterocycles. The monoisotopic (exact) mass is 372 g/mol. The van der Waals surface area contributed by atoms with Crippen LogP contribution in [-0.2, 0) is 6.42 Å². The van der Waals surface area contributed by atoms with Crippen LogP contribution in [0.3, 0.4) is 0 Å². The fourth-order valence-electron chi connectivity index (χ4n) is 2.08. The fourth-order valence-corrected chi connectivity index (χ4v) is 2.71. The lowest BCUT2D eigenvalue weighted by atomic mass is 10.1. The van der Waals surface area contributed by atoms with Crippen LogP contribution in [0.2, 0.25) is 0 Å². The quantitative estimate of drug-likeness (QED) is 0.461. The molecule has 0 atom stereocenters. The average Bonchev–Trinajstić information content (AvgIpc) is 2.73. The zero-order chi connectivity index (χ0) is 13.7. The van der Waals surface area contributed by atoms with Crippen molar-refractivity contribution in [3.05, 3.63) is 45.5 Å². The highest BCUT2D eigenvalue weighted by Crippen LogP contribution is 2.31. The summed E-state index contributed by atoms with van der Waals surface area (Å²) in [4.78, 5) is 0. The topological polar surface area (TPSA) is 13.1 Å². The number of unbranched alkanes of at least 4 members (excludes halogenated alkanes) is 3. The molecular weight excluding hydrogens is 354 g/mol. The highest BCUT2D eigenvalue weighted by molar-refractivity contribution is 14.1. The van der Waals surface area contributed by atoms with Gasteiger partial charge in [-0.2, -0.15) is 0 Å². The Bertz CT molecular complexity index is 519. The average molecular weight is 372 g/mol. The van der Waals surface area contributed by atoms with Gasteiger partial charge in [0.25, 0.3) is 0 Å². The summed E-state index contributed by atoms with van der Waals surface area (Å²) in [6, 6.07) is 9.45. The van der Waals surface area contributed by atoms with Crippen LogP contribution in [0.25, 0.3) is 11.3 Å². The molecule has 0 amide bonds. The molecule has 0 radical (unpaired) electrons. The molecule has 0 aliphatic carbocycles. The van der Waals surface area contributed by atoms with E-state index in [-0.39, 0.29) is 5.82 Å². The highest BCUT2D eigenvalue weighted by Gasteiger charge is 2.19. The Morgan fingerprint density at radius 1 is 1.11 bits per heavy atom. The van der Waals surface area contributed by atoms with Crippen molar-refractivity contribution in [2.75, 3.05) is 0 Å². The fraction of sp³-hybridized carbons (Fsp3) is 0.375. The van der Waals surface area contributed by atoms with Crippen molar-refractivity contribution in [1.29, 1.82) is 0 Å². The lowest BCUT2D eigenvalue weighted by Crippen LogP contribution is -1.86. The molecule has 2 rings (SSSR count). The first kappa shape index (κ1) is 14.6. The molecule has 0 spiro atoms. The van der Waals surface area contributed by atoms with Crippen LogP contribution in [0.5, 0.6) is 0 Å². The molecule has 1 nitrogen and oxygen atoms in total. The van der Waals surface area contributed by atoms with E-state index in [9.17, 15) is 4.39 Å². The predicted octanol–water partition coefficient (Wildman–Crippen LogP) is 5.81. The van der Waals surface area contributed by atoms with Gasteiger partial charge in [0.2, 0.25) is 0 Å². The van der Waals surface area contributed by atoms with Crippen molar-refractivity contribution < 1.29 is 8.81 Å². The second-order valence-corrected chi connectivity index (χ2v) is 5.74. The maximum Gasteiger partial charge on any atom is 0.183 e. The molecule has 0 aliphatic rings. The zero-order valence-electron chi connectivity index (χ0n) is 11.1. The van der Waals surface area contributed by atoms with Crippen molar-refractivity contribution in [3.63, 3.8) is 0 Å². The van der Waals surface area contributed by atoms with Gasteiger partial charge in [-0.05, 0) is 29.0 Å². The summed E-state index contributed by atoms with van der Waals surface area (Å²) in [6.45, 7) is 2.18. The molecule has 0 saturated heterocycles. The summed E-state index contributed by atoms with van der Waals surface area (Å²) in [6.07, 6.45) is 5.49. The summed E-state index contributed by atoms with van der Waals surface area (Å²) < 4.78 is 20.5. The predicted molar refractivity (Wildman–Crippen MR) is 84.7 cm³/mol. The first-order valence-corrected chi connectivity index (χ1v) is 7.84. The molecule has 0 fully saturated rings. The van der Waals surface area contributed by atoms with Gasteiger partial charge in [-0.15, -0.1) is 0 Å². The summed E-state index contributed by atoms with van der Waals surface area (Å²) in [5.41, 5.74) is 0.803. The molecule has 0 bridgehead atoms. The van der Waals surface area contributed by atoms with E-state index >= 15 is 0 Å². The molecule has 2 aromatic rings. The van der Waals surface area contributed by atoms with Gasteiger partial charge in [0, 0.05) is 12.0 Å². The van der Waals surface area contributed by atoms with Crippen LogP contribution in [0.4, 0.5) is 4.39 Å². The van der Waals surface area contributed by atoms with Gasteiger partial charge in [-0.25, -0.2) is 4.39 Å². The van der Waals surface area contributed by atoms with Gasteiger partial charge in [-0.1, -0.05) is 56.5 Å². The Labute approximate surface area is 127 Å². The van der Waals surface area contributed by atoms with E-state index in [4.69, 9.17) is 4.42 Å². The number of halogens is 2. The number of hydrogen-bond acceptors (Lipinski definition) is 1. The highest BCUT2D eigenvalue weighted by atomic mass is 127. The molecule has 0 saturated carbocycles. The number of rotatable bonds is 6. The molecule has 0 N–H and O–H groups in total. The minimum Gasteiger partial charge on any atom is -0.457 e. The molecule has 19 heavy (non-hydrogen) atoms. The number of hydrogen-bond donors (Lipinski definition) is 0. The van der Waals surface area contributed by atoms with Gasteiger partial charge in [0.15, 0.2) is 11.6 Å². The van der Waals surface area contributed by atoms with E-state index < -0.39 is 0 Å². The lowest BCUT2D eigenvalue weighted by molar-refractivity contribution is 0.495. The molecule has 0 aliphatic heterocycles. The van der Waals surface area contributed by atoms with Crippen molar-refractivity contribution in [1.82, 2.24) is 0 Å². The smallest absolute Gasteiger partial charge is 0.183 e. The van der Waals surface area contributed by atoms with Crippen molar-refractivity contribution in [2.24, 2.45) is 0 Å². The summed E-state index contributed by atoms with van der Waals surface area (Å²) in [5.74, 6) is 0.931. The van der Waals surface area contributed by atoms with Crippen LogP contribution in [-0.4, -0.2) is 0 Å². The standard InChI is InChI=1S/C16H18FIO/c1-2-3-4-8-11-13-15(18)14(17)16(19-13)12-9-6-5-7-10-12/h5-7,9-10H,2-4,8,11H2,1H3. The van der Waals surface area contributed by atoms with Crippen molar-refractivity contribution >= 4 is 22.6 Å². The zero-order valence-corrected chi connectivity index (χ0v) is 13.2. The van der Waals surface area contributed by atoms with E-state index in [0.29, 0.717) is 9.33 Å². The van der Waals surface area contributed by atoms with Crippen molar-refractivity contribution in [2.45, 2.75) is 39.0 Å². The first-order chi connectivity index (χ1) is 9.24. The van der Waals surface area contributed by atoms with Gasteiger partial charge >= 0.3 is 0 Å². The minimum absolute atomic E-state index is 0.225. The van der Waals surface area contributed by atoms with Crippen LogP contribution in [0.1, 0.15) is 38.4 Å². The van der Waals surface area contributed by atoms with Gasteiger partial charge < -0.3 is 4.42 Å². The first-order valence-electron chi connectivity index (χ1n) is 6.76. The Morgan fingerprint density at radius 2 is 1.84 bits per heavy atom. The number of benzene rings is 1. The summed E-state index contributed by atoms with van der Waals surface area (Å²) in [7, 11) is 0. The van der Waals surface area contributed by atoms with Crippen molar-refractivity contribution in [3.8, 4) is 11.3 Å². The van der Waals surface area contributed by atoms with Crippen LogP contribution in [0.15, 0.2) is 34.7 Å². The Hall–Kier alpha value is -0.840. The normalized spacial score (nSPS) is 10.9. The lowest BCUT2D eigenvalue weighted by Gasteiger charge is -1.98. The molecule has 1 aromatic heterocycles. The molecule has 102 valence electrons. The maximum absolute atomic E-state index is 14.2. The van der Waals surface area contributed by atoms with Gasteiger partial charge in [-0.3, -0.25) is 0 Å². The van der Waals surface area contributed by atoms with Crippen LogP contribution >= 0.6 is 22.6 Å². The SMILES string of the molecule is CCCCCCc1oc(-c2ccccc2)c(F)c1I. The number of aryl methyl sites for hydroxylation is 1. The maximum atomic E-state index is 14.2. The van der Waals surface area contributed by atoms with E-state index in [2.05, 4.69) is 6.92 Å². The van der Waals surface area contributed by atoms with Crippen LogP contribution < -0.4 is 0 Å². The van der Waals surface area contributed by atoms with Gasteiger partial charge in [0.05, 0.1) is 3.57 Å². The molecule has 3 heteroatoms. The third-order valence-electron chi connectivity index (χ3n) is 3.16. The minimum atomic E-state index is -0.225. The van der Waals surface area contributed by atoms with E-state index in [0.717, 1.165) is 24.2 Å². The largest absolute Gasteiger partial charge is 0.457 e. The second kappa shape index (κ2) is 7.08. The van der Waals surface area contributed by atoms with E-state index in [1.807, 2.05) is 52.9 Å². The second-order valence-electron chi connectivity index (χ2n) is 4.66. The third kappa shape index (κ3) is 3.59. The Kier molecular flexibility index (Phi) is 5.43. The molecule has 0 unspecified atom stereocenters. The molecular formula is C16H18FIO. The van der Waals surface area contributed by atoms with Crippen LogP contribution in [0, 0.1) is 9.39 Å². The molecule has 1 aromatic carbocycles. The van der Waals surface area contributed by atoms with E-state index in [1.54, 1.807) is 0 Å². The summed E-state index contributed by atoms with van der Waals surface area (Å²) in [5, 5.41) is 0. The number of furan rings is 1. The Morgan fingerprint density at radius 3 is 2.53 bits per heavy atom. The van der Waals surface area contributed by atoms with Gasteiger partial charge in [0.1, 0.15) is 5.76 Å². The third-order valence-corrected chi connectivity index (χ3v) is 4.23. The Balaban J connectivity index is 2.14. The van der Waals surface area contributed by atoms with E-state index in [1.165, 1.54) is 19.3 Å².